The molecule has 0 saturated heterocycles. The third kappa shape index (κ3) is 3.09. The normalized spacial score (nSPS) is 13.9. The van der Waals surface area contributed by atoms with Crippen molar-refractivity contribution in [3.8, 4) is 0 Å². The van der Waals surface area contributed by atoms with Crippen LogP contribution in [-0.4, -0.2) is 16.6 Å². The first-order valence-corrected chi connectivity index (χ1v) is 4.87. The van der Waals surface area contributed by atoms with Gasteiger partial charge in [0.25, 0.3) is 0 Å². The minimum absolute atomic E-state index is 0.0174. The summed E-state index contributed by atoms with van der Waals surface area (Å²) >= 11 is 0. The maximum absolute atomic E-state index is 10.7. The smallest absolute Gasteiger partial charge is 0.304 e. The number of carboxylic acids is 1. The molecule has 1 heterocycles. The second-order valence-electron chi connectivity index (χ2n) is 4.42. The Balaban J connectivity index is 2.96. The van der Waals surface area contributed by atoms with Crippen LogP contribution in [0.15, 0.2) is 16.5 Å². The van der Waals surface area contributed by atoms with Gasteiger partial charge in [0.15, 0.2) is 0 Å². The molecule has 0 fully saturated rings. The molecule has 1 aromatic heterocycles. The van der Waals surface area contributed by atoms with Gasteiger partial charge in [0.05, 0.1) is 6.42 Å². The fourth-order valence-corrected chi connectivity index (χ4v) is 1.55. The molecule has 15 heavy (non-hydrogen) atoms. The number of hydrogen-bond donors (Lipinski definition) is 2. The highest BCUT2D eigenvalue weighted by Crippen LogP contribution is 2.30. The fourth-order valence-electron chi connectivity index (χ4n) is 1.55. The van der Waals surface area contributed by atoms with Gasteiger partial charge in [0.2, 0.25) is 0 Å². The number of carboxylic acid groups (broad SMARTS) is 1. The van der Waals surface area contributed by atoms with E-state index in [0.717, 1.165) is 5.76 Å². The van der Waals surface area contributed by atoms with Gasteiger partial charge in [-0.1, -0.05) is 0 Å². The summed E-state index contributed by atoms with van der Waals surface area (Å²) in [7, 11) is 0. The molecule has 0 bridgehead atoms. The van der Waals surface area contributed by atoms with Crippen LogP contribution in [0, 0.1) is 6.92 Å². The largest absolute Gasteiger partial charge is 0.481 e. The number of carbonyl (C=O) groups is 1. The molecule has 1 unspecified atom stereocenters. The summed E-state index contributed by atoms with van der Waals surface area (Å²) in [4.78, 5) is 10.7. The lowest BCUT2D eigenvalue weighted by atomic mass is 9.84. The van der Waals surface area contributed by atoms with Gasteiger partial charge in [-0.25, -0.2) is 0 Å². The van der Waals surface area contributed by atoms with E-state index in [-0.39, 0.29) is 12.3 Å². The number of nitrogens with two attached hydrogens (primary N) is 1. The summed E-state index contributed by atoms with van der Waals surface area (Å²) in [5.41, 5.74) is 5.34. The average molecular weight is 211 g/mol. The van der Waals surface area contributed by atoms with E-state index in [1.807, 2.05) is 13.0 Å². The van der Waals surface area contributed by atoms with Gasteiger partial charge in [0.1, 0.15) is 11.5 Å². The van der Waals surface area contributed by atoms with Crippen LogP contribution in [0.4, 0.5) is 0 Å². The zero-order valence-electron chi connectivity index (χ0n) is 9.28. The maximum Gasteiger partial charge on any atom is 0.304 e. The second-order valence-corrected chi connectivity index (χ2v) is 4.42. The van der Waals surface area contributed by atoms with Gasteiger partial charge < -0.3 is 15.3 Å². The molecular formula is C11H17NO3. The summed E-state index contributed by atoms with van der Waals surface area (Å²) in [5, 5.41) is 8.82. The Hall–Kier alpha value is -1.29. The van der Waals surface area contributed by atoms with Crippen LogP contribution in [0.25, 0.3) is 0 Å². The van der Waals surface area contributed by atoms with Crippen molar-refractivity contribution in [2.75, 3.05) is 0 Å². The Kier molecular flexibility index (Phi) is 3.19. The van der Waals surface area contributed by atoms with E-state index >= 15 is 0 Å². The van der Waals surface area contributed by atoms with Crippen molar-refractivity contribution in [2.24, 2.45) is 5.73 Å². The molecular weight excluding hydrogens is 194 g/mol. The summed E-state index contributed by atoms with van der Waals surface area (Å²) < 4.78 is 5.43. The first kappa shape index (κ1) is 11.8. The number of hydrogen-bond acceptors (Lipinski definition) is 3. The van der Waals surface area contributed by atoms with Gasteiger partial charge in [-0.05, 0) is 32.9 Å². The SMILES string of the molecule is Cc1ccc(C(CC(=O)O)C(C)(C)N)o1. The highest BCUT2D eigenvalue weighted by molar-refractivity contribution is 5.68. The van der Waals surface area contributed by atoms with E-state index in [4.69, 9.17) is 15.3 Å². The Morgan fingerprint density at radius 2 is 2.20 bits per heavy atom. The Labute approximate surface area is 89.1 Å². The van der Waals surface area contributed by atoms with E-state index in [1.54, 1.807) is 19.9 Å². The maximum atomic E-state index is 10.7. The van der Waals surface area contributed by atoms with Crippen molar-refractivity contribution in [2.45, 2.75) is 38.6 Å². The second kappa shape index (κ2) is 4.06. The number of aliphatic carboxylic acids is 1. The standard InChI is InChI=1S/C11H17NO3/c1-7-4-5-9(15-7)8(6-10(13)14)11(2,3)12/h4-5,8H,6,12H2,1-3H3,(H,13,14). The highest BCUT2D eigenvalue weighted by Gasteiger charge is 2.31. The highest BCUT2D eigenvalue weighted by atomic mass is 16.4. The Morgan fingerprint density at radius 3 is 2.53 bits per heavy atom. The topological polar surface area (TPSA) is 76.5 Å². The van der Waals surface area contributed by atoms with Gasteiger partial charge >= 0.3 is 5.97 Å². The summed E-state index contributed by atoms with van der Waals surface area (Å²) in [5.74, 6) is 0.239. The quantitative estimate of drug-likeness (QED) is 0.797. The Morgan fingerprint density at radius 1 is 1.60 bits per heavy atom. The van der Waals surface area contributed by atoms with Crippen molar-refractivity contribution in [3.63, 3.8) is 0 Å². The molecule has 0 spiro atoms. The molecule has 0 aliphatic carbocycles. The van der Waals surface area contributed by atoms with E-state index in [1.165, 1.54) is 0 Å². The third-order valence-corrected chi connectivity index (χ3v) is 2.38. The molecule has 0 aromatic carbocycles. The van der Waals surface area contributed by atoms with Crippen LogP contribution in [0.2, 0.25) is 0 Å². The lowest BCUT2D eigenvalue weighted by molar-refractivity contribution is -0.138. The van der Waals surface area contributed by atoms with Gasteiger partial charge in [0, 0.05) is 11.5 Å². The number of furan rings is 1. The molecule has 1 rings (SSSR count). The average Bonchev–Trinajstić information content (AvgIpc) is 2.45. The molecule has 4 nitrogen and oxygen atoms in total. The van der Waals surface area contributed by atoms with Crippen LogP contribution in [-0.2, 0) is 4.79 Å². The zero-order chi connectivity index (χ0) is 11.6. The molecule has 3 N–H and O–H groups in total. The van der Waals surface area contributed by atoms with Crippen molar-refractivity contribution in [1.29, 1.82) is 0 Å². The lowest BCUT2D eigenvalue weighted by Crippen LogP contribution is -2.40. The Bertz CT molecular complexity index is 349. The first-order valence-electron chi connectivity index (χ1n) is 4.87. The molecule has 4 heteroatoms. The summed E-state index contributed by atoms with van der Waals surface area (Å²) in [6, 6.07) is 3.60. The van der Waals surface area contributed by atoms with Crippen molar-refractivity contribution < 1.29 is 14.3 Å². The van der Waals surface area contributed by atoms with Crippen molar-refractivity contribution in [1.82, 2.24) is 0 Å². The third-order valence-electron chi connectivity index (χ3n) is 2.38. The van der Waals surface area contributed by atoms with E-state index in [2.05, 4.69) is 0 Å². The lowest BCUT2D eigenvalue weighted by Gasteiger charge is -2.27. The molecule has 0 radical (unpaired) electrons. The predicted octanol–water partition coefficient (Wildman–Crippen LogP) is 1.88. The molecule has 0 aliphatic rings. The van der Waals surface area contributed by atoms with E-state index in [9.17, 15) is 4.79 Å². The van der Waals surface area contributed by atoms with Crippen LogP contribution < -0.4 is 5.73 Å². The molecule has 84 valence electrons. The van der Waals surface area contributed by atoms with Crippen molar-refractivity contribution in [3.05, 3.63) is 23.7 Å². The van der Waals surface area contributed by atoms with Crippen LogP contribution in [0.1, 0.15) is 37.7 Å². The van der Waals surface area contributed by atoms with Crippen LogP contribution in [0.5, 0.6) is 0 Å². The summed E-state index contributed by atoms with van der Waals surface area (Å²) in [6.07, 6.45) is -0.0174. The fraction of sp³-hybridized carbons (Fsp3) is 0.545. The predicted molar refractivity (Wildman–Crippen MR) is 56.7 cm³/mol. The molecule has 1 atom stereocenters. The molecule has 1 aromatic rings. The summed E-state index contributed by atoms with van der Waals surface area (Å²) in [6.45, 7) is 5.43. The van der Waals surface area contributed by atoms with E-state index < -0.39 is 11.5 Å². The minimum atomic E-state index is -0.868. The minimum Gasteiger partial charge on any atom is -0.481 e. The number of rotatable bonds is 4. The van der Waals surface area contributed by atoms with Gasteiger partial charge in [-0.15, -0.1) is 0 Å². The monoisotopic (exact) mass is 211 g/mol. The van der Waals surface area contributed by atoms with Crippen molar-refractivity contribution >= 4 is 5.97 Å². The zero-order valence-corrected chi connectivity index (χ0v) is 9.28. The van der Waals surface area contributed by atoms with E-state index in [0.29, 0.717) is 5.76 Å². The molecule has 0 amide bonds. The molecule has 0 aliphatic heterocycles. The first-order chi connectivity index (χ1) is 6.80. The van der Waals surface area contributed by atoms with Crippen LogP contribution >= 0.6 is 0 Å². The number of aryl methyl sites for hydroxylation is 1. The van der Waals surface area contributed by atoms with Gasteiger partial charge in [-0.3, -0.25) is 4.79 Å². The molecule has 0 saturated carbocycles. The van der Waals surface area contributed by atoms with Crippen LogP contribution in [0.3, 0.4) is 0 Å². The van der Waals surface area contributed by atoms with Gasteiger partial charge in [-0.2, -0.15) is 0 Å².